The molecule has 3 rings (SSSR count). The number of nitrogens with one attached hydrogen (secondary N) is 1. The van der Waals surface area contributed by atoms with Crippen molar-refractivity contribution in [3.63, 3.8) is 0 Å². The van der Waals surface area contributed by atoms with Crippen molar-refractivity contribution in [3.05, 3.63) is 41.6 Å². The number of rotatable bonds is 7. The van der Waals surface area contributed by atoms with Gasteiger partial charge in [-0.05, 0) is 31.9 Å². The summed E-state index contributed by atoms with van der Waals surface area (Å²) in [4.78, 5) is 32.4. The van der Waals surface area contributed by atoms with Crippen LogP contribution in [0.5, 0.6) is 0 Å². The number of ether oxygens (including phenoxy) is 1. The number of H-pyrrole nitrogens is 1. The van der Waals surface area contributed by atoms with Gasteiger partial charge in [-0.25, -0.2) is 9.97 Å². The SMILES string of the molecule is CCOC=C(C(=O)c1ccc(-c2ncn[nH]2)nc1C(F)(F)F)C(=O)C1CC1. The van der Waals surface area contributed by atoms with E-state index in [1.165, 1.54) is 6.07 Å². The Labute approximate surface area is 151 Å². The molecule has 2 aromatic rings. The van der Waals surface area contributed by atoms with E-state index in [2.05, 4.69) is 20.2 Å². The van der Waals surface area contributed by atoms with Crippen molar-refractivity contribution in [2.75, 3.05) is 6.61 Å². The number of hydrogen-bond donors (Lipinski definition) is 1. The fraction of sp³-hybridized carbons (Fsp3) is 0.353. The van der Waals surface area contributed by atoms with Gasteiger partial charge in [-0.2, -0.15) is 18.3 Å². The fourth-order valence-electron chi connectivity index (χ4n) is 2.42. The van der Waals surface area contributed by atoms with Crippen LogP contribution in [0.25, 0.3) is 11.5 Å². The largest absolute Gasteiger partial charge is 0.501 e. The van der Waals surface area contributed by atoms with E-state index in [1.54, 1.807) is 6.92 Å². The van der Waals surface area contributed by atoms with Crippen LogP contribution >= 0.6 is 0 Å². The summed E-state index contributed by atoms with van der Waals surface area (Å²) in [5.41, 5.74) is -2.64. The number of carbonyl (C=O) groups is 2. The molecule has 10 heteroatoms. The van der Waals surface area contributed by atoms with Gasteiger partial charge in [-0.15, -0.1) is 0 Å². The highest BCUT2D eigenvalue weighted by Crippen LogP contribution is 2.36. The third-order valence-electron chi connectivity index (χ3n) is 3.89. The number of ketones is 2. The van der Waals surface area contributed by atoms with Gasteiger partial charge in [0.05, 0.1) is 18.4 Å². The molecule has 0 aliphatic heterocycles. The molecule has 1 aliphatic rings. The molecule has 0 atom stereocenters. The maximum Gasteiger partial charge on any atom is 0.434 e. The Kier molecular flexibility index (Phi) is 5.06. The van der Waals surface area contributed by atoms with Gasteiger partial charge in [0.15, 0.2) is 17.3 Å². The first kappa shape index (κ1) is 18.7. The number of alkyl halides is 3. The number of pyridine rings is 1. The third-order valence-corrected chi connectivity index (χ3v) is 3.89. The van der Waals surface area contributed by atoms with Crippen molar-refractivity contribution in [1.82, 2.24) is 20.2 Å². The molecule has 1 N–H and O–H groups in total. The summed E-state index contributed by atoms with van der Waals surface area (Å²) >= 11 is 0. The molecule has 0 bridgehead atoms. The molecule has 0 unspecified atom stereocenters. The highest BCUT2D eigenvalue weighted by molar-refractivity contribution is 6.27. The van der Waals surface area contributed by atoms with Crippen molar-refractivity contribution in [2.24, 2.45) is 5.92 Å². The lowest BCUT2D eigenvalue weighted by molar-refractivity contribution is -0.141. The molecular weight excluding hydrogens is 365 g/mol. The molecule has 0 saturated heterocycles. The Morgan fingerprint density at radius 2 is 2.07 bits per heavy atom. The lowest BCUT2D eigenvalue weighted by atomic mass is 9.97. The summed E-state index contributed by atoms with van der Waals surface area (Å²) in [7, 11) is 0. The highest BCUT2D eigenvalue weighted by Gasteiger charge is 2.41. The predicted octanol–water partition coefficient (Wildman–Crippen LogP) is 2.97. The Morgan fingerprint density at radius 1 is 1.33 bits per heavy atom. The second-order valence-corrected chi connectivity index (χ2v) is 5.88. The quantitative estimate of drug-likeness (QED) is 0.261. The smallest absolute Gasteiger partial charge is 0.434 e. The normalized spacial score (nSPS) is 14.9. The molecule has 7 nitrogen and oxygen atoms in total. The van der Waals surface area contributed by atoms with Gasteiger partial charge in [-0.3, -0.25) is 14.7 Å². The van der Waals surface area contributed by atoms with Gasteiger partial charge in [0.2, 0.25) is 5.78 Å². The van der Waals surface area contributed by atoms with E-state index in [1.807, 2.05) is 0 Å². The van der Waals surface area contributed by atoms with Crippen molar-refractivity contribution >= 4 is 11.6 Å². The minimum Gasteiger partial charge on any atom is -0.501 e. The average Bonchev–Trinajstić information content (AvgIpc) is 3.34. The minimum atomic E-state index is -4.90. The minimum absolute atomic E-state index is 0.0265. The fourth-order valence-corrected chi connectivity index (χ4v) is 2.42. The molecule has 0 amide bonds. The zero-order valence-corrected chi connectivity index (χ0v) is 14.2. The Hall–Kier alpha value is -3.04. The van der Waals surface area contributed by atoms with E-state index in [0.29, 0.717) is 12.8 Å². The maximum absolute atomic E-state index is 13.5. The zero-order valence-electron chi connectivity index (χ0n) is 14.2. The molecule has 1 aliphatic carbocycles. The van der Waals surface area contributed by atoms with Crippen LogP contribution in [0.3, 0.4) is 0 Å². The summed E-state index contributed by atoms with van der Waals surface area (Å²) in [5.74, 6) is -1.90. The topological polar surface area (TPSA) is 97.8 Å². The van der Waals surface area contributed by atoms with Crippen LogP contribution in [-0.2, 0) is 15.7 Å². The molecule has 142 valence electrons. The Morgan fingerprint density at radius 3 is 2.63 bits per heavy atom. The van der Waals surface area contributed by atoms with E-state index < -0.39 is 34.6 Å². The number of allylic oxidation sites excluding steroid dienone is 1. The number of aromatic nitrogens is 4. The lowest BCUT2D eigenvalue weighted by Gasteiger charge is -2.13. The van der Waals surface area contributed by atoms with Crippen LogP contribution in [0.4, 0.5) is 13.2 Å². The summed E-state index contributed by atoms with van der Waals surface area (Å²) < 4.78 is 45.6. The van der Waals surface area contributed by atoms with Crippen molar-refractivity contribution in [3.8, 4) is 11.5 Å². The summed E-state index contributed by atoms with van der Waals surface area (Å²) in [6.45, 7) is 1.80. The molecule has 1 saturated carbocycles. The van der Waals surface area contributed by atoms with Crippen molar-refractivity contribution < 1.29 is 27.5 Å². The second kappa shape index (κ2) is 7.29. The van der Waals surface area contributed by atoms with E-state index in [-0.39, 0.29) is 24.0 Å². The maximum atomic E-state index is 13.5. The summed E-state index contributed by atoms with van der Waals surface area (Å²) in [6, 6.07) is 2.19. The van der Waals surface area contributed by atoms with Gasteiger partial charge in [-0.1, -0.05) is 0 Å². The van der Waals surface area contributed by atoms with Crippen LogP contribution < -0.4 is 0 Å². The van der Waals surface area contributed by atoms with E-state index in [4.69, 9.17) is 4.74 Å². The van der Waals surface area contributed by atoms with E-state index in [0.717, 1.165) is 18.7 Å². The van der Waals surface area contributed by atoms with Gasteiger partial charge in [0.1, 0.15) is 17.6 Å². The van der Waals surface area contributed by atoms with Crippen LogP contribution in [0.15, 0.2) is 30.3 Å². The first-order valence-corrected chi connectivity index (χ1v) is 8.17. The van der Waals surface area contributed by atoms with Gasteiger partial charge in [0.25, 0.3) is 0 Å². The zero-order chi connectivity index (χ0) is 19.6. The molecule has 0 spiro atoms. The standard InChI is InChI=1S/C17H15F3N4O3/c1-2-27-7-11(13(25)9-3-4-9)14(26)10-5-6-12(16-21-8-22-24-16)23-15(10)17(18,19)20/h5-9H,2-4H2,1H3,(H,21,22,24). The van der Waals surface area contributed by atoms with Crippen LogP contribution in [0, 0.1) is 5.92 Å². The van der Waals surface area contributed by atoms with Gasteiger partial charge in [0, 0.05) is 5.92 Å². The Balaban J connectivity index is 2.05. The molecule has 2 heterocycles. The molecule has 27 heavy (non-hydrogen) atoms. The van der Waals surface area contributed by atoms with Crippen LogP contribution in [0.2, 0.25) is 0 Å². The molecule has 0 radical (unpaired) electrons. The lowest BCUT2D eigenvalue weighted by Crippen LogP contribution is -2.21. The Bertz CT molecular complexity index is 887. The first-order valence-electron chi connectivity index (χ1n) is 8.17. The third kappa shape index (κ3) is 4.04. The second-order valence-electron chi connectivity index (χ2n) is 5.88. The van der Waals surface area contributed by atoms with Crippen LogP contribution in [-0.4, -0.2) is 38.3 Å². The number of hydrogen-bond acceptors (Lipinski definition) is 6. The average molecular weight is 380 g/mol. The van der Waals surface area contributed by atoms with Crippen molar-refractivity contribution in [1.29, 1.82) is 0 Å². The first-order chi connectivity index (χ1) is 12.8. The highest BCUT2D eigenvalue weighted by atomic mass is 19.4. The summed E-state index contributed by atoms with van der Waals surface area (Å²) in [5, 5.41) is 5.98. The number of carbonyl (C=O) groups excluding carboxylic acids is 2. The predicted molar refractivity (Wildman–Crippen MR) is 86.4 cm³/mol. The van der Waals surface area contributed by atoms with Crippen LogP contribution in [0.1, 0.15) is 35.8 Å². The van der Waals surface area contributed by atoms with E-state index in [9.17, 15) is 22.8 Å². The number of aromatic amines is 1. The molecule has 1 fully saturated rings. The van der Waals surface area contributed by atoms with Crippen molar-refractivity contribution in [2.45, 2.75) is 25.9 Å². The monoisotopic (exact) mass is 380 g/mol. The molecule has 2 aromatic heterocycles. The van der Waals surface area contributed by atoms with Gasteiger partial charge >= 0.3 is 6.18 Å². The van der Waals surface area contributed by atoms with Gasteiger partial charge < -0.3 is 4.74 Å². The summed E-state index contributed by atoms with van der Waals surface area (Å²) in [6.07, 6.45) is -1.64. The van der Waals surface area contributed by atoms with E-state index >= 15 is 0 Å². The molecule has 0 aromatic carbocycles. The number of halogens is 3. The number of Topliss-reactive ketones (excluding diaryl/α,β-unsaturated/α-hetero) is 2. The number of nitrogens with zero attached hydrogens (tertiary/aromatic N) is 3. The molecular formula is C17H15F3N4O3.